The van der Waals surface area contributed by atoms with Crippen molar-refractivity contribution in [2.45, 2.75) is 224 Å². The lowest BCUT2D eigenvalue weighted by Crippen LogP contribution is -2.64. The van der Waals surface area contributed by atoms with E-state index < -0.39 is 37.3 Å². The first kappa shape index (κ1) is 42.3. The van der Waals surface area contributed by atoms with Crippen molar-refractivity contribution in [3.05, 3.63) is 0 Å². The number of amides is 1. The molecule has 1 saturated heterocycles. The predicted octanol–water partition coefficient (Wildman–Crippen LogP) is 8.58. The molecule has 0 aliphatic carbocycles. The molecule has 0 saturated carbocycles. The highest BCUT2D eigenvalue weighted by Gasteiger charge is 2.46. The van der Waals surface area contributed by atoms with Gasteiger partial charge in [-0.3, -0.25) is 4.79 Å². The average Bonchev–Trinajstić information content (AvgIpc) is 3.04. The van der Waals surface area contributed by atoms with E-state index in [4.69, 9.17) is 4.74 Å². The number of aliphatic hydroxyl groups is 4. The molecule has 1 heterocycles. The number of ether oxygens (including phenoxy) is 1. The largest absolute Gasteiger partial charge is 0.394 e. The minimum atomic E-state index is -1.47. The Labute approximate surface area is 277 Å². The highest BCUT2D eigenvalue weighted by molar-refractivity contribution is 5.76. The first-order valence-corrected chi connectivity index (χ1v) is 19.6. The van der Waals surface area contributed by atoms with E-state index in [1.54, 1.807) is 4.90 Å². The second-order valence-corrected chi connectivity index (χ2v) is 13.9. The SMILES string of the molecule is CCCCCCCCCCCCCCCCCCN(C(=O)CCCCCCCCCCCCC)C1O[C@H](CO)[C@@H](O)[C@H](O)[C@@H]1O. The average molecular weight is 642 g/mol. The number of unbranched alkanes of at least 4 members (excludes halogenated alkanes) is 25. The molecule has 45 heavy (non-hydrogen) atoms. The van der Waals surface area contributed by atoms with Gasteiger partial charge < -0.3 is 30.1 Å². The third-order valence-corrected chi connectivity index (χ3v) is 9.74. The van der Waals surface area contributed by atoms with Crippen LogP contribution in [0.3, 0.4) is 0 Å². The second-order valence-electron chi connectivity index (χ2n) is 13.9. The van der Waals surface area contributed by atoms with E-state index in [2.05, 4.69) is 13.8 Å². The molecule has 0 aromatic carbocycles. The summed E-state index contributed by atoms with van der Waals surface area (Å²) in [7, 11) is 0. The zero-order valence-corrected chi connectivity index (χ0v) is 29.7. The van der Waals surface area contributed by atoms with Gasteiger partial charge in [-0.1, -0.05) is 174 Å². The van der Waals surface area contributed by atoms with Gasteiger partial charge in [0, 0.05) is 13.0 Å². The fourth-order valence-electron chi connectivity index (χ4n) is 6.65. The number of aliphatic hydroxyl groups excluding tert-OH is 4. The molecular formula is C38H75NO6. The van der Waals surface area contributed by atoms with Crippen molar-refractivity contribution < 1.29 is 30.0 Å². The van der Waals surface area contributed by atoms with Crippen LogP contribution in [0.2, 0.25) is 0 Å². The summed E-state index contributed by atoms with van der Waals surface area (Å²) in [6.07, 6.45) is 27.8. The van der Waals surface area contributed by atoms with Crippen LogP contribution in [-0.2, 0) is 9.53 Å². The van der Waals surface area contributed by atoms with Gasteiger partial charge in [-0.15, -0.1) is 0 Å². The number of nitrogens with zero attached hydrogens (tertiary/aromatic N) is 1. The van der Waals surface area contributed by atoms with E-state index in [1.807, 2.05) is 0 Å². The highest BCUT2D eigenvalue weighted by Crippen LogP contribution is 2.25. The van der Waals surface area contributed by atoms with Crippen LogP contribution in [-0.4, -0.2) is 75.0 Å². The van der Waals surface area contributed by atoms with E-state index >= 15 is 0 Å². The zero-order valence-electron chi connectivity index (χ0n) is 29.7. The van der Waals surface area contributed by atoms with Crippen LogP contribution in [0.4, 0.5) is 0 Å². The summed E-state index contributed by atoms with van der Waals surface area (Å²) in [5, 5.41) is 41.0. The van der Waals surface area contributed by atoms with Crippen molar-refractivity contribution in [1.82, 2.24) is 4.90 Å². The Morgan fingerprint density at radius 2 is 0.867 bits per heavy atom. The first-order chi connectivity index (χ1) is 22.0. The van der Waals surface area contributed by atoms with Crippen molar-refractivity contribution in [2.75, 3.05) is 13.2 Å². The summed E-state index contributed by atoms with van der Waals surface area (Å²) >= 11 is 0. The van der Waals surface area contributed by atoms with Crippen molar-refractivity contribution in [2.24, 2.45) is 0 Å². The molecule has 0 spiro atoms. The topological polar surface area (TPSA) is 110 Å². The smallest absolute Gasteiger partial charge is 0.224 e. The van der Waals surface area contributed by atoms with Crippen molar-refractivity contribution >= 4 is 5.91 Å². The lowest BCUT2D eigenvalue weighted by Gasteiger charge is -2.44. The Bertz CT molecular complexity index is 662. The van der Waals surface area contributed by atoms with E-state index in [-0.39, 0.29) is 5.91 Å². The molecule has 1 aliphatic heterocycles. The Morgan fingerprint density at radius 3 is 1.24 bits per heavy atom. The number of rotatable bonds is 31. The zero-order chi connectivity index (χ0) is 33.0. The molecule has 7 nitrogen and oxygen atoms in total. The van der Waals surface area contributed by atoms with E-state index in [0.717, 1.165) is 38.5 Å². The molecule has 1 unspecified atom stereocenters. The van der Waals surface area contributed by atoms with Crippen LogP contribution in [0.1, 0.15) is 194 Å². The molecule has 7 heteroatoms. The van der Waals surface area contributed by atoms with Gasteiger partial charge in [-0.05, 0) is 12.8 Å². The molecule has 0 aromatic heterocycles. The van der Waals surface area contributed by atoms with Crippen molar-refractivity contribution in [1.29, 1.82) is 0 Å². The monoisotopic (exact) mass is 642 g/mol. The fraction of sp³-hybridized carbons (Fsp3) is 0.974. The Kier molecular flexibility index (Phi) is 27.6. The lowest BCUT2D eigenvalue weighted by molar-refractivity contribution is -0.262. The normalized spacial score (nSPS) is 21.8. The fourth-order valence-corrected chi connectivity index (χ4v) is 6.65. The van der Waals surface area contributed by atoms with Gasteiger partial charge in [0.05, 0.1) is 6.61 Å². The van der Waals surface area contributed by atoms with E-state index in [9.17, 15) is 25.2 Å². The number of carbonyl (C=O) groups excluding carboxylic acids is 1. The number of carbonyl (C=O) groups is 1. The van der Waals surface area contributed by atoms with Crippen LogP contribution in [0.25, 0.3) is 0 Å². The molecule has 4 N–H and O–H groups in total. The van der Waals surface area contributed by atoms with Gasteiger partial charge in [0.1, 0.15) is 24.4 Å². The van der Waals surface area contributed by atoms with Gasteiger partial charge in [-0.25, -0.2) is 0 Å². The quantitative estimate of drug-likeness (QED) is 0.0565. The molecule has 1 amide bonds. The third-order valence-electron chi connectivity index (χ3n) is 9.74. The maximum absolute atomic E-state index is 13.4. The molecular weight excluding hydrogens is 566 g/mol. The van der Waals surface area contributed by atoms with Gasteiger partial charge in [0.2, 0.25) is 5.91 Å². The minimum absolute atomic E-state index is 0.0868. The minimum Gasteiger partial charge on any atom is -0.394 e. The summed E-state index contributed by atoms with van der Waals surface area (Å²) in [5.41, 5.74) is 0. The van der Waals surface area contributed by atoms with Gasteiger partial charge in [0.15, 0.2) is 6.23 Å². The summed E-state index contributed by atoms with van der Waals surface area (Å²) in [6.45, 7) is 4.47. The maximum atomic E-state index is 13.4. The van der Waals surface area contributed by atoms with E-state index in [1.165, 1.54) is 135 Å². The summed E-state index contributed by atoms with van der Waals surface area (Å²) < 4.78 is 5.80. The molecule has 0 aromatic rings. The van der Waals surface area contributed by atoms with Gasteiger partial charge >= 0.3 is 0 Å². The molecule has 1 fully saturated rings. The molecule has 0 bridgehead atoms. The van der Waals surface area contributed by atoms with Crippen LogP contribution >= 0.6 is 0 Å². The first-order valence-electron chi connectivity index (χ1n) is 19.6. The van der Waals surface area contributed by atoms with Crippen LogP contribution in [0, 0.1) is 0 Å². The third kappa shape index (κ3) is 20.3. The maximum Gasteiger partial charge on any atom is 0.224 e. The van der Waals surface area contributed by atoms with E-state index in [0.29, 0.717) is 13.0 Å². The Morgan fingerprint density at radius 1 is 0.511 bits per heavy atom. The van der Waals surface area contributed by atoms with Crippen LogP contribution in [0.5, 0.6) is 0 Å². The van der Waals surface area contributed by atoms with Gasteiger partial charge in [-0.2, -0.15) is 0 Å². The number of hydrogen-bond donors (Lipinski definition) is 4. The molecule has 1 aliphatic rings. The van der Waals surface area contributed by atoms with Crippen LogP contribution < -0.4 is 0 Å². The van der Waals surface area contributed by atoms with Crippen molar-refractivity contribution in [3.63, 3.8) is 0 Å². The molecule has 0 radical (unpaired) electrons. The number of hydrogen-bond acceptors (Lipinski definition) is 6. The standard InChI is InChI=1S/C38H75NO6/c1-3-5-7-9-11-13-15-16-17-18-19-21-23-25-27-29-31-39(38-37(44)36(43)35(42)33(32-40)45-38)34(41)30-28-26-24-22-20-14-12-10-8-6-4-2/h33,35-38,40,42-44H,3-32H2,1-2H3/t33-,35-,36+,37+,38?/m1/s1. The molecule has 1 rings (SSSR count). The highest BCUT2D eigenvalue weighted by atomic mass is 16.6. The Balaban J connectivity index is 2.32. The summed E-state index contributed by atoms with van der Waals surface area (Å²) in [5.74, 6) is -0.0868. The van der Waals surface area contributed by atoms with Crippen molar-refractivity contribution in [3.8, 4) is 0 Å². The van der Waals surface area contributed by atoms with Crippen LogP contribution in [0.15, 0.2) is 0 Å². The summed E-state index contributed by atoms with van der Waals surface area (Å²) in [4.78, 5) is 14.9. The predicted molar refractivity (Wildman–Crippen MR) is 186 cm³/mol. The van der Waals surface area contributed by atoms with Gasteiger partial charge in [0.25, 0.3) is 0 Å². The second kappa shape index (κ2) is 29.4. The molecule has 5 atom stereocenters. The molecule has 268 valence electrons. The lowest BCUT2D eigenvalue weighted by atomic mass is 9.97. The summed E-state index contributed by atoms with van der Waals surface area (Å²) in [6, 6.07) is 0. The Hall–Kier alpha value is -0.730.